The Bertz CT molecular complexity index is 437. The van der Waals surface area contributed by atoms with Crippen molar-refractivity contribution in [3.05, 3.63) is 35.9 Å². The fourth-order valence-electron chi connectivity index (χ4n) is 3.46. The summed E-state index contributed by atoms with van der Waals surface area (Å²) in [5, 5.41) is 0. The summed E-state index contributed by atoms with van der Waals surface area (Å²) in [6, 6.07) is 9.38. The first-order valence-corrected chi connectivity index (χ1v) is 5.86. The molecule has 2 aliphatic carbocycles. The molecule has 0 unspecified atom stereocenters. The molecule has 0 radical (unpaired) electrons. The topological polar surface area (TPSA) is 34.1 Å². The van der Waals surface area contributed by atoms with E-state index >= 15 is 0 Å². The van der Waals surface area contributed by atoms with Crippen molar-refractivity contribution in [1.82, 2.24) is 0 Å². The van der Waals surface area contributed by atoms with E-state index in [1.807, 2.05) is 30.3 Å². The Kier molecular flexibility index (Phi) is 2.00. The van der Waals surface area contributed by atoms with Crippen molar-refractivity contribution >= 4 is 12.1 Å². The minimum atomic E-state index is -0.316. The average Bonchev–Trinajstić information content (AvgIpc) is 2.76. The predicted octanol–water partition coefficient (Wildman–Crippen LogP) is 2.48. The largest absolute Gasteiger partial charge is 0.303 e. The molecule has 0 heterocycles. The number of hydrogen-bond donors (Lipinski definition) is 0. The standard InChI is InChI=1S/C14H14O2/c15-9-12-11-7-4-8-14(11,12)13(16)10-5-2-1-3-6-10/h1-3,5-6,9,11-12H,4,7-8H2/t11-,12-,14+/m1/s1. The number of carbonyl (C=O) groups is 2. The van der Waals surface area contributed by atoms with E-state index in [1.165, 1.54) is 0 Å². The van der Waals surface area contributed by atoms with Gasteiger partial charge in [-0.25, -0.2) is 0 Å². The zero-order chi connectivity index (χ0) is 11.2. The average molecular weight is 214 g/mol. The van der Waals surface area contributed by atoms with Crippen molar-refractivity contribution in [3.63, 3.8) is 0 Å². The lowest BCUT2D eigenvalue weighted by molar-refractivity contribution is -0.109. The molecule has 0 aliphatic heterocycles. The molecule has 16 heavy (non-hydrogen) atoms. The molecule has 2 fully saturated rings. The summed E-state index contributed by atoms with van der Waals surface area (Å²) in [6.07, 6.45) is 4.02. The molecule has 2 aliphatic rings. The molecule has 1 aromatic carbocycles. The summed E-state index contributed by atoms with van der Waals surface area (Å²) < 4.78 is 0. The van der Waals surface area contributed by atoms with Gasteiger partial charge in [-0.3, -0.25) is 4.79 Å². The molecule has 3 atom stereocenters. The molecule has 0 bridgehead atoms. The maximum atomic E-state index is 12.4. The summed E-state index contributed by atoms with van der Waals surface area (Å²) in [7, 11) is 0. The van der Waals surface area contributed by atoms with Crippen LogP contribution in [0, 0.1) is 17.3 Å². The van der Waals surface area contributed by atoms with E-state index in [0.717, 1.165) is 31.1 Å². The molecule has 0 aromatic heterocycles. The van der Waals surface area contributed by atoms with Crippen LogP contribution in [-0.4, -0.2) is 12.1 Å². The summed E-state index contributed by atoms with van der Waals surface area (Å²) in [5.41, 5.74) is 0.446. The number of Topliss-reactive ketones (excluding diaryl/α,β-unsaturated/α-hetero) is 1. The molecule has 2 saturated carbocycles. The molecule has 0 amide bonds. The van der Waals surface area contributed by atoms with Crippen LogP contribution in [0.3, 0.4) is 0 Å². The number of fused-ring (bicyclic) bond motifs is 1. The number of aldehydes is 1. The van der Waals surface area contributed by atoms with Gasteiger partial charge in [-0.2, -0.15) is 0 Å². The smallest absolute Gasteiger partial charge is 0.170 e. The number of ketones is 1. The molecule has 82 valence electrons. The highest BCUT2D eigenvalue weighted by molar-refractivity contribution is 6.05. The van der Waals surface area contributed by atoms with E-state index in [1.54, 1.807) is 0 Å². The normalized spacial score (nSPS) is 35.5. The first kappa shape index (κ1) is 9.76. The van der Waals surface area contributed by atoms with Crippen LogP contribution < -0.4 is 0 Å². The van der Waals surface area contributed by atoms with Gasteiger partial charge < -0.3 is 4.79 Å². The lowest BCUT2D eigenvalue weighted by Gasteiger charge is -2.11. The summed E-state index contributed by atoms with van der Waals surface area (Å²) >= 11 is 0. The van der Waals surface area contributed by atoms with Gasteiger partial charge in [0.15, 0.2) is 5.78 Å². The Morgan fingerprint density at radius 2 is 2.06 bits per heavy atom. The van der Waals surface area contributed by atoms with Crippen molar-refractivity contribution < 1.29 is 9.59 Å². The second kappa shape index (κ2) is 3.27. The zero-order valence-corrected chi connectivity index (χ0v) is 9.06. The van der Waals surface area contributed by atoms with E-state index in [4.69, 9.17) is 0 Å². The Morgan fingerprint density at radius 1 is 1.31 bits per heavy atom. The first-order valence-electron chi connectivity index (χ1n) is 5.86. The summed E-state index contributed by atoms with van der Waals surface area (Å²) in [5.74, 6) is 0.513. The highest BCUT2D eigenvalue weighted by Gasteiger charge is 2.70. The lowest BCUT2D eigenvalue weighted by Crippen LogP contribution is -2.18. The number of benzene rings is 1. The third kappa shape index (κ3) is 1.07. The van der Waals surface area contributed by atoms with Gasteiger partial charge >= 0.3 is 0 Å². The third-order valence-corrected chi connectivity index (χ3v) is 4.29. The molecule has 3 rings (SSSR count). The Balaban J connectivity index is 1.94. The van der Waals surface area contributed by atoms with Crippen LogP contribution in [0.5, 0.6) is 0 Å². The van der Waals surface area contributed by atoms with Crippen molar-refractivity contribution in [3.8, 4) is 0 Å². The second-order valence-electron chi connectivity index (χ2n) is 4.90. The molecule has 0 spiro atoms. The van der Waals surface area contributed by atoms with Gasteiger partial charge in [-0.05, 0) is 18.8 Å². The van der Waals surface area contributed by atoms with E-state index < -0.39 is 0 Å². The van der Waals surface area contributed by atoms with E-state index in [-0.39, 0.29) is 17.1 Å². The Hall–Kier alpha value is -1.44. The third-order valence-electron chi connectivity index (χ3n) is 4.29. The monoisotopic (exact) mass is 214 g/mol. The van der Waals surface area contributed by atoms with Crippen molar-refractivity contribution in [2.45, 2.75) is 19.3 Å². The van der Waals surface area contributed by atoms with Crippen LogP contribution in [0.15, 0.2) is 30.3 Å². The number of carbonyl (C=O) groups excluding carboxylic acids is 2. The zero-order valence-electron chi connectivity index (χ0n) is 9.06. The van der Waals surface area contributed by atoms with Gasteiger partial charge in [0.25, 0.3) is 0 Å². The molecular formula is C14H14O2. The summed E-state index contributed by atoms with van der Waals surface area (Å²) in [4.78, 5) is 23.4. The van der Waals surface area contributed by atoms with Crippen molar-refractivity contribution in [1.29, 1.82) is 0 Å². The van der Waals surface area contributed by atoms with Crippen molar-refractivity contribution in [2.24, 2.45) is 17.3 Å². The van der Waals surface area contributed by atoms with Crippen LogP contribution in [0.4, 0.5) is 0 Å². The fourth-order valence-corrected chi connectivity index (χ4v) is 3.46. The number of hydrogen-bond acceptors (Lipinski definition) is 2. The molecule has 2 heteroatoms. The first-order chi connectivity index (χ1) is 7.80. The van der Waals surface area contributed by atoms with Gasteiger partial charge in [0.1, 0.15) is 6.29 Å². The lowest BCUT2D eigenvalue weighted by atomic mass is 9.90. The highest BCUT2D eigenvalue weighted by atomic mass is 16.1. The maximum Gasteiger partial charge on any atom is 0.170 e. The predicted molar refractivity (Wildman–Crippen MR) is 60.1 cm³/mol. The Labute approximate surface area is 94.7 Å². The minimum absolute atomic E-state index is 0.00560. The van der Waals surface area contributed by atoms with Gasteiger partial charge in [-0.1, -0.05) is 36.8 Å². The second-order valence-corrected chi connectivity index (χ2v) is 4.90. The fraction of sp³-hybridized carbons (Fsp3) is 0.429. The Morgan fingerprint density at radius 3 is 2.69 bits per heavy atom. The maximum absolute atomic E-state index is 12.4. The van der Waals surface area contributed by atoms with Crippen molar-refractivity contribution in [2.75, 3.05) is 0 Å². The van der Waals surface area contributed by atoms with Crippen LogP contribution in [-0.2, 0) is 4.79 Å². The summed E-state index contributed by atoms with van der Waals surface area (Å²) in [6.45, 7) is 0. The quantitative estimate of drug-likeness (QED) is 0.572. The molecule has 2 nitrogen and oxygen atoms in total. The SMILES string of the molecule is O=C[C@@H]1[C@H]2CCC[C@@]12C(=O)c1ccccc1. The van der Waals surface area contributed by atoms with E-state index in [0.29, 0.717) is 5.92 Å². The van der Waals surface area contributed by atoms with E-state index in [9.17, 15) is 9.59 Å². The van der Waals surface area contributed by atoms with Crippen LogP contribution in [0.25, 0.3) is 0 Å². The molecular weight excluding hydrogens is 200 g/mol. The number of rotatable bonds is 3. The minimum Gasteiger partial charge on any atom is -0.303 e. The van der Waals surface area contributed by atoms with Gasteiger partial charge in [0.2, 0.25) is 0 Å². The van der Waals surface area contributed by atoms with Crippen LogP contribution in [0.1, 0.15) is 29.6 Å². The van der Waals surface area contributed by atoms with Gasteiger partial charge in [-0.15, -0.1) is 0 Å². The van der Waals surface area contributed by atoms with Gasteiger partial charge in [0, 0.05) is 16.9 Å². The van der Waals surface area contributed by atoms with Crippen LogP contribution >= 0.6 is 0 Å². The molecule has 0 saturated heterocycles. The van der Waals surface area contributed by atoms with E-state index in [2.05, 4.69) is 0 Å². The molecule has 0 N–H and O–H groups in total. The van der Waals surface area contributed by atoms with Crippen LogP contribution in [0.2, 0.25) is 0 Å². The molecule has 1 aromatic rings. The highest BCUT2D eigenvalue weighted by Crippen LogP contribution is 2.68. The van der Waals surface area contributed by atoms with Gasteiger partial charge in [0.05, 0.1) is 0 Å².